The molecule has 0 amide bonds. The lowest BCUT2D eigenvalue weighted by molar-refractivity contribution is 0.103. The van der Waals surface area contributed by atoms with Gasteiger partial charge in [0, 0.05) is 11.8 Å². The van der Waals surface area contributed by atoms with Gasteiger partial charge in [-0.05, 0) is 24.6 Å². The third kappa shape index (κ3) is 2.33. The maximum Gasteiger partial charge on any atom is 0.196 e. The summed E-state index contributed by atoms with van der Waals surface area (Å²) in [4.78, 5) is 15.9. The zero-order chi connectivity index (χ0) is 13.3. The van der Waals surface area contributed by atoms with Crippen LogP contribution in [0.4, 0.5) is 10.2 Å². The molecule has 0 unspecified atom stereocenters. The molecule has 3 nitrogen and oxygen atoms in total. The Morgan fingerprint density at radius 3 is 2.78 bits per heavy atom. The van der Waals surface area contributed by atoms with Gasteiger partial charge in [-0.3, -0.25) is 4.79 Å². The summed E-state index contributed by atoms with van der Waals surface area (Å²) in [6.07, 6.45) is 1.35. The van der Waals surface area contributed by atoms with Crippen LogP contribution in [-0.2, 0) is 0 Å². The lowest BCUT2D eigenvalue weighted by Crippen LogP contribution is -2.07. The Bertz CT molecular complexity index is 628. The van der Waals surface area contributed by atoms with E-state index >= 15 is 0 Å². The van der Waals surface area contributed by atoms with Gasteiger partial charge in [0.15, 0.2) is 5.78 Å². The zero-order valence-electron chi connectivity index (χ0n) is 9.58. The number of aromatic nitrogens is 1. The van der Waals surface area contributed by atoms with Crippen molar-refractivity contribution in [3.05, 3.63) is 58.0 Å². The third-order valence-electron chi connectivity index (χ3n) is 2.56. The molecule has 1 aromatic heterocycles. The molecule has 0 saturated carbocycles. The van der Waals surface area contributed by atoms with Crippen LogP contribution in [-0.4, -0.2) is 10.8 Å². The fraction of sp³-hybridized carbons (Fsp3) is 0.0769. The van der Waals surface area contributed by atoms with Crippen LogP contribution in [0.25, 0.3) is 0 Å². The quantitative estimate of drug-likeness (QED) is 0.849. The molecule has 0 aliphatic carbocycles. The number of carbonyl (C=O) groups excluding carboxylic acids is 1. The van der Waals surface area contributed by atoms with Crippen LogP contribution in [0.1, 0.15) is 21.5 Å². The highest BCUT2D eigenvalue weighted by Gasteiger charge is 2.15. The summed E-state index contributed by atoms with van der Waals surface area (Å²) in [7, 11) is 0. The van der Waals surface area contributed by atoms with Crippen molar-refractivity contribution in [2.24, 2.45) is 0 Å². The van der Waals surface area contributed by atoms with Crippen molar-refractivity contribution in [3.63, 3.8) is 0 Å². The fourth-order valence-electron chi connectivity index (χ4n) is 1.52. The van der Waals surface area contributed by atoms with Crippen LogP contribution >= 0.6 is 11.6 Å². The predicted octanol–water partition coefficient (Wildman–Crippen LogP) is 3.00. The molecule has 0 saturated heterocycles. The number of anilines is 1. The monoisotopic (exact) mass is 264 g/mol. The summed E-state index contributed by atoms with van der Waals surface area (Å²) >= 11 is 5.76. The summed E-state index contributed by atoms with van der Waals surface area (Å²) < 4.78 is 13.4. The van der Waals surface area contributed by atoms with Gasteiger partial charge in [0.05, 0.1) is 10.6 Å². The van der Waals surface area contributed by atoms with E-state index < -0.39 is 11.6 Å². The van der Waals surface area contributed by atoms with E-state index in [0.717, 1.165) is 0 Å². The number of aryl methyl sites for hydroxylation is 1. The SMILES string of the molecule is Cc1ccc(C(=O)c2cc(Cl)cnc2N)cc1F. The molecule has 1 aromatic carbocycles. The number of hydrogen-bond acceptors (Lipinski definition) is 3. The fourth-order valence-corrected chi connectivity index (χ4v) is 1.68. The van der Waals surface area contributed by atoms with Gasteiger partial charge in [-0.25, -0.2) is 9.37 Å². The molecule has 2 aromatic rings. The second-order valence-corrected chi connectivity index (χ2v) is 4.32. The molecular formula is C13H10ClFN2O. The molecule has 0 spiro atoms. The molecule has 0 aliphatic rings. The smallest absolute Gasteiger partial charge is 0.196 e. The molecular weight excluding hydrogens is 255 g/mol. The number of pyridine rings is 1. The van der Waals surface area contributed by atoms with Gasteiger partial charge in [0.2, 0.25) is 0 Å². The highest BCUT2D eigenvalue weighted by atomic mass is 35.5. The first-order valence-electron chi connectivity index (χ1n) is 5.21. The van der Waals surface area contributed by atoms with Crippen molar-refractivity contribution in [1.82, 2.24) is 4.98 Å². The largest absolute Gasteiger partial charge is 0.383 e. The van der Waals surface area contributed by atoms with Gasteiger partial charge in [0.1, 0.15) is 11.6 Å². The number of rotatable bonds is 2. The molecule has 2 N–H and O–H groups in total. The summed E-state index contributed by atoms with van der Waals surface area (Å²) in [5, 5.41) is 0.306. The molecule has 0 atom stereocenters. The Kier molecular flexibility index (Phi) is 3.30. The van der Waals surface area contributed by atoms with Crippen molar-refractivity contribution in [3.8, 4) is 0 Å². The number of benzene rings is 1. The maximum atomic E-state index is 13.4. The molecule has 0 fully saturated rings. The van der Waals surface area contributed by atoms with Gasteiger partial charge < -0.3 is 5.73 Å². The van der Waals surface area contributed by atoms with Gasteiger partial charge in [-0.2, -0.15) is 0 Å². The summed E-state index contributed by atoms with van der Waals surface area (Å²) in [5.74, 6) is -0.763. The Morgan fingerprint density at radius 1 is 1.39 bits per heavy atom. The van der Waals surface area contributed by atoms with E-state index in [2.05, 4.69) is 4.98 Å². The third-order valence-corrected chi connectivity index (χ3v) is 2.77. The molecule has 0 aliphatic heterocycles. The molecule has 92 valence electrons. The first-order chi connectivity index (χ1) is 8.49. The number of nitrogens with zero attached hydrogens (tertiary/aromatic N) is 1. The Hall–Kier alpha value is -1.94. The van der Waals surface area contributed by atoms with Crippen molar-refractivity contribution >= 4 is 23.2 Å². The highest BCUT2D eigenvalue weighted by Crippen LogP contribution is 2.20. The first-order valence-corrected chi connectivity index (χ1v) is 5.58. The maximum absolute atomic E-state index is 13.4. The second kappa shape index (κ2) is 4.74. The molecule has 0 radical (unpaired) electrons. The zero-order valence-corrected chi connectivity index (χ0v) is 10.3. The Morgan fingerprint density at radius 2 is 2.11 bits per heavy atom. The van der Waals surface area contributed by atoms with E-state index in [4.69, 9.17) is 17.3 Å². The van der Waals surface area contributed by atoms with E-state index in [1.807, 2.05) is 0 Å². The Labute approximate surface area is 108 Å². The minimum Gasteiger partial charge on any atom is -0.383 e. The number of hydrogen-bond donors (Lipinski definition) is 1. The van der Waals surface area contributed by atoms with Crippen LogP contribution in [0, 0.1) is 12.7 Å². The highest BCUT2D eigenvalue weighted by molar-refractivity contribution is 6.31. The number of halogens is 2. The lowest BCUT2D eigenvalue weighted by Gasteiger charge is -2.05. The topological polar surface area (TPSA) is 56.0 Å². The van der Waals surface area contributed by atoms with E-state index in [-0.39, 0.29) is 16.9 Å². The van der Waals surface area contributed by atoms with Gasteiger partial charge in [0.25, 0.3) is 0 Å². The average Bonchev–Trinajstić information content (AvgIpc) is 2.35. The van der Waals surface area contributed by atoms with E-state index in [0.29, 0.717) is 10.6 Å². The average molecular weight is 265 g/mol. The van der Waals surface area contributed by atoms with Crippen LogP contribution in [0.15, 0.2) is 30.5 Å². The van der Waals surface area contributed by atoms with Gasteiger partial charge in [-0.15, -0.1) is 0 Å². The second-order valence-electron chi connectivity index (χ2n) is 3.88. The number of nitrogens with two attached hydrogens (primary N) is 1. The van der Waals surface area contributed by atoms with Crippen molar-refractivity contribution < 1.29 is 9.18 Å². The van der Waals surface area contributed by atoms with Crippen LogP contribution < -0.4 is 5.73 Å². The van der Waals surface area contributed by atoms with Crippen LogP contribution in [0.2, 0.25) is 5.02 Å². The van der Waals surface area contributed by atoms with Gasteiger partial charge >= 0.3 is 0 Å². The molecule has 18 heavy (non-hydrogen) atoms. The van der Waals surface area contributed by atoms with Crippen LogP contribution in [0.5, 0.6) is 0 Å². The van der Waals surface area contributed by atoms with E-state index in [1.165, 1.54) is 24.4 Å². The standard InChI is InChI=1S/C13H10ClFN2O/c1-7-2-3-8(4-11(7)15)12(18)10-5-9(14)6-17-13(10)16/h2-6H,1H3,(H2,16,17). The van der Waals surface area contributed by atoms with E-state index in [1.54, 1.807) is 13.0 Å². The van der Waals surface area contributed by atoms with Gasteiger partial charge in [-0.1, -0.05) is 23.7 Å². The number of nitrogen functional groups attached to an aromatic ring is 1. The lowest BCUT2D eigenvalue weighted by atomic mass is 10.0. The van der Waals surface area contributed by atoms with Crippen molar-refractivity contribution in [2.45, 2.75) is 6.92 Å². The summed E-state index contributed by atoms with van der Waals surface area (Å²) in [6.45, 7) is 1.62. The first kappa shape index (κ1) is 12.5. The van der Waals surface area contributed by atoms with Crippen molar-refractivity contribution in [2.75, 3.05) is 5.73 Å². The summed E-state index contributed by atoms with van der Waals surface area (Å²) in [5.41, 5.74) is 6.48. The number of ketones is 1. The van der Waals surface area contributed by atoms with Crippen LogP contribution in [0.3, 0.4) is 0 Å². The molecule has 2 rings (SSSR count). The molecule has 1 heterocycles. The number of carbonyl (C=O) groups is 1. The minimum absolute atomic E-state index is 0.0744. The normalized spacial score (nSPS) is 10.4. The van der Waals surface area contributed by atoms with Crippen molar-refractivity contribution in [1.29, 1.82) is 0 Å². The van der Waals surface area contributed by atoms with E-state index in [9.17, 15) is 9.18 Å². The summed E-state index contributed by atoms with van der Waals surface area (Å²) in [6, 6.07) is 5.68. The predicted molar refractivity (Wildman–Crippen MR) is 68.2 cm³/mol. The minimum atomic E-state index is -0.436. The Balaban J connectivity index is 2.47. The molecule has 5 heteroatoms. The molecule has 0 bridgehead atoms.